The monoisotopic (exact) mass is 496 g/mol. The number of aromatic nitrogens is 4. The van der Waals surface area contributed by atoms with Crippen LogP contribution >= 0.6 is 0 Å². The zero-order chi connectivity index (χ0) is 38.7. The van der Waals surface area contributed by atoms with Gasteiger partial charge in [0.25, 0.3) is 15.9 Å². The van der Waals surface area contributed by atoms with Crippen molar-refractivity contribution < 1.29 is 45.9 Å². The molecule has 0 saturated carbocycles. The summed E-state index contributed by atoms with van der Waals surface area (Å²) in [5.74, 6) is -5.89. The number of pyridine rings is 2. The van der Waals surface area contributed by atoms with Crippen LogP contribution in [0, 0.1) is 6.85 Å². The summed E-state index contributed by atoms with van der Waals surface area (Å²) in [6, 6.07) is -8.17. The molecule has 1 aromatic carbocycles. The summed E-state index contributed by atoms with van der Waals surface area (Å²) in [7, 11) is -7.75. The Morgan fingerprint density at radius 2 is 1.79 bits per heavy atom. The predicted octanol–water partition coefficient (Wildman–Crippen LogP) is 3.85. The average Bonchev–Trinajstić information content (AvgIpc) is 3.00. The molecule has 11 heteroatoms. The Morgan fingerprint density at radius 3 is 2.53 bits per heavy atom. The first-order valence-corrected chi connectivity index (χ1v) is 10.2. The van der Waals surface area contributed by atoms with E-state index in [1.807, 2.05) is 4.72 Å². The quantitative estimate of drug-likeness (QED) is 0.387. The molecule has 4 rings (SSSR count). The fraction of sp³-hybridized carbons (Fsp3) is 0.130. The number of benzene rings is 1. The molecular formula is C23H21N5O5S. The van der Waals surface area contributed by atoms with E-state index in [1.54, 1.807) is 0 Å². The minimum absolute atomic E-state index is 0.665. The summed E-state index contributed by atoms with van der Waals surface area (Å²) in [5.41, 5.74) is -1.70. The lowest BCUT2D eigenvalue weighted by molar-refractivity contribution is 0.348. The first-order valence-electron chi connectivity index (χ1n) is 17.2. The number of sulfonamides is 1. The topological polar surface area (TPSA) is 125 Å². The van der Waals surface area contributed by atoms with Gasteiger partial charge in [-0.1, -0.05) is 18.1 Å². The van der Waals surface area contributed by atoms with Crippen molar-refractivity contribution in [2.45, 2.75) is 11.9 Å². The van der Waals surface area contributed by atoms with E-state index in [0.29, 0.717) is 0 Å². The lowest BCUT2D eigenvalue weighted by atomic mass is 10.2. The van der Waals surface area contributed by atoms with Crippen molar-refractivity contribution in [3.8, 4) is 34.5 Å². The number of methoxy groups -OCH3 is 2. The molecule has 4 aromatic rings. The molecule has 0 fully saturated rings. The summed E-state index contributed by atoms with van der Waals surface area (Å²) >= 11 is 0. The van der Waals surface area contributed by atoms with Crippen LogP contribution in [0.5, 0.6) is 23.1 Å². The Balaban J connectivity index is 2.09. The Bertz CT molecular complexity index is 2170. The van der Waals surface area contributed by atoms with Gasteiger partial charge in [0.2, 0.25) is 5.75 Å². The fourth-order valence-electron chi connectivity index (χ4n) is 2.30. The van der Waals surface area contributed by atoms with E-state index in [1.165, 1.54) is 0 Å². The van der Waals surface area contributed by atoms with E-state index < -0.39 is 142 Å². The van der Waals surface area contributed by atoms with Gasteiger partial charge in [0, 0.05) is 28.2 Å². The highest BCUT2D eigenvalue weighted by Crippen LogP contribution is 2.41. The molecular weight excluding hydrogens is 458 g/mol. The third kappa shape index (κ3) is 4.89. The Morgan fingerprint density at radius 1 is 1.00 bits per heavy atom. The van der Waals surface area contributed by atoms with Crippen LogP contribution < -0.4 is 18.9 Å². The number of rotatable bonds is 8. The summed E-state index contributed by atoms with van der Waals surface area (Å²) < 4.78 is 179. The standard InChI is InChI=1S/C23H21N5O5S/c1-15-8-9-19(25-14-15)34(29,30)28-22-20(33-18-7-5-4-6-17(18)31-2)23(32-3)27-21(26-22)16-10-12-24-13-11-16/h4-14H,1-3H3,(H,26,27,28)/i1D3,2D3,4D,5D,6D,7D,8D,9D,10D,11D,12D,13D,14D. The fourth-order valence-corrected chi connectivity index (χ4v) is 3.14. The normalized spacial score (nSPS) is 18.9. The van der Waals surface area contributed by atoms with Gasteiger partial charge in [-0.2, -0.15) is 13.4 Å². The molecule has 0 unspecified atom stereocenters. The first kappa shape index (κ1) is 9.94. The molecule has 0 saturated heterocycles. The van der Waals surface area contributed by atoms with E-state index >= 15 is 0 Å². The zero-order valence-corrected chi connectivity index (χ0v) is 17.6. The smallest absolute Gasteiger partial charge is 0.280 e. The van der Waals surface area contributed by atoms with Crippen LogP contribution in [0.15, 0.2) is 71.9 Å². The van der Waals surface area contributed by atoms with Gasteiger partial charge < -0.3 is 14.2 Å². The van der Waals surface area contributed by atoms with Gasteiger partial charge in [-0.25, -0.2) is 9.97 Å². The largest absolute Gasteiger partial charge is 0.493 e. The predicted molar refractivity (Wildman–Crippen MR) is 125 cm³/mol. The van der Waals surface area contributed by atoms with Crippen LogP contribution in [0.2, 0.25) is 0 Å². The number of hydrogen-bond donors (Lipinski definition) is 1. The highest BCUT2D eigenvalue weighted by atomic mass is 32.2. The molecule has 10 nitrogen and oxygen atoms in total. The van der Waals surface area contributed by atoms with Crippen molar-refractivity contribution in [3.63, 3.8) is 0 Å². The molecule has 3 aromatic heterocycles. The number of ether oxygens (including phenoxy) is 3. The van der Waals surface area contributed by atoms with E-state index in [2.05, 4.69) is 19.9 Å². The molecule has 174 valence electrons. The Labute approximate surface area is 220 Å². The van der Waals surface area contributed by atoms with Crippen LogP contribution in [-0.4, -0.2) is 42.5 Å². The highest BCUT2D eigenvalue weighted by Gasteiger charge is 2.25. The molecule has 0 spiro atoms. The van der Waals surface area contributed by atoms with Gasteiger partial charge in [-0.05, 0) is 42.6 Å². The van der Waals surface area contributed by atoms with Gasteiger partial charge in [-0.15, -0.1) is 0 Å². The molecule has 34 heavy (non-hydrogen) atoms. The van der Waals surface area contributed by atoms with Gasteiger partial charge >= 0.3 is 0 Å². The number of nitrogens with zero attached hydrogens (tertiary/aromatic N) is 4. The lowest BCUT2D eigenvalue weighted by Gasteiger charge is -2.17. The maximum Gasteiger partial charge on any atom is 0.280 e. The molecule has 0 aliphatic carbocycles. The van der Waals surface area contributed by atoms with Gasteiger partial charge in [0.15, 0.2) is 28.2 Å². The van der Waals surface area contributed by atoms with E-state index in [4.69, 9.17) is 37.5 Å². The Hall–Kier alpha value is -4.25. The van der Waals surface area contributed by atoms with Crippen LogP contribution in [0.3, 0.4) is 0 Å². The molecule has 0 amide bonds. The maximum atomic E-state index is 13.7. The maximum absolute atomic E-state index is 13.7. The van der Waals surface area contributed by atoms with Crippen LogP contribution in [-0.2, 0) is 10.0 Å². The third-order valence-electron chi connectivity index (χ3n) is 3.70. The third-order valence-corrected chi connectivity index (χ3v) is 4.87. The molecule has 1 N–H and O–H groups in total. The molecule has 0 aliphatic rings. The number of nitrogens with one attached hydrogen (secondary N) is 1. The van der Waals surface area contributed by atoms with Crippen molar-refractivity contribution in [1.82, 2.24) is 19.9 Å². The minimum atomic E-state index is -5.35. The van der Waals surface area contributed by atoms with Gasteiger partial charge in [0.1, 0.15) is 0 Å². The summed E-state index contributed by atoms with van der Waals surface area (Å²) in [4.78, 5) is 14.7. The van der Waals surface area contributed by atoms with E-state index in [-0.39, 0.29) is 0 Å². The number of anilines is 1. The second-order valence-electron chi connectivity index (χ2n) is 5.82. The minimum Gasteiger partial charge on any atom is -0.493 e. The molecule has 0 bridgehead atoms. The first-order chi connectivity index (χ1) is 23.3. The van der Waals surface area contributed by atoms with Crippen molar-refractivity contribution in [3.05, 3.63) is 72.4 Å². The van der Waals surface area contributed by atoms with Crippen molar-refractivity contribution in [2.75, 3.05) is 18.9 Å². The molecule has 0 aliphatic heterocycles. The zero-order valence-electron chi connectivity index (χ0n) is 33.7. The number of para-hydroxylation sites is 2. The number of hydrogen-bond acceptors (Lipinski definition) is 9. The van der Waals surface area contributed by atoms with Crippen LogP contribution in [0.4, 0.5) is 5.82 Å². The summed E-state index contributed by atoms with van der Waals surface area (Å²) in [5, 5.41) is -1.38. The van der Waals surface area contributed by atoms with Crippen molar-refractivity contribution in [2.24, 2.45) is 0 Å². The second kappa shape index (κ2) is 9.71. The average molecular weight is 497 g/mol. The Kier molecular flexibility index (Phi) is 2.84. The van der Waals surface area contributed by atoms with Gasteiger partial charge in [0.05, 0.1) is 33.3 Å². The van der Waals surface area contributed by atoms with E-state index in [0.717, 1.165) is 7.11 Å². The molecule has 3 heterocycles. The van der Waals surface area contributed by atoms with Crippen LogP contribution in [0.25, 0.3) is 11.4 Å². The van der Waals surface area contributed by atoms with E-state index in [9.17, 15) is 8.42 Å². The van der Waals surface area contributed by atoms with Gasteiger partial charge in [-0.3, -0.25) is 9.71 Å². The van der Waals surface area contributed by atoms with Crippen molar-refractivity contribution >= 4 is 15.8 Å². The summed E-state index contributed by atoms with van der Waals surface area (Å²) in [6.07, 6.45) is -2.86. The van der Waals surface area contributed by atoms with Crippen molar-refractivity contribution in [1.29, 1.82) is 0 Å². The highest BCUT2D eigenvalue weighted by molar-refractivity contribution is 7.92. The van der Waals surface area contributed by atoms with Crippen LogP contribution in [0.1, 0.15) is 28.9 Å². The molecule has 0 atom stereocenters. The summed E-state index contributed by atoms with van der Waals surface area (Å²) in [6.45, 7) is -3.15. The lowest BCUT2D eigenvalue weighted by Crippen LogP contribution is -2.17. The second-order valence-corrected chi connectivity index (χ2v) is 7.41. The molecule has 0 radical (unpaired) electrons. The SMILES string of the molecule is [2H]c1nc([2H])c([2H])c(-c2nc(NS(=O)(=O)c3nc([2H])c(C([2H])([2H])[2H])c([2H])c3[2H])c(Oc3c([2H])c([2H])c([2H])c([2H])c3OC([2H])([2H])[2H])c(OC)n2)c1[2H].